The van der Waals surface area contributed by atoms with Gasteiger partial charge in [-0.15, -0.1) is 0 Å². The summed E-state index contributed by atoms with van der Waals surface area (Å²) in [5.41, 5.74) is 5.25. The summed E-state index contributed by atoms with van der Waals surface area (Å²) >= 11 is 0. The van der Waals surface area contributed by atoms with Gasteiger partial charge in [0.1, 0.15) is 24.4 Å². The summed E-state index contributed by atoms with van der Waals surface area (Å²) in [4.78, 5) is 11.2. The highest BCUT2D eigenvalue weighted by atomic mass is 16.7. The summed E-state index contributed by atoms with van der Waals surface area (Å²) in [6, 6.07) is -0.929. The molecule has 8 nitrogen and oxygen atoms in total. The number of hydrogen-bond donors (Lipinski definition) is 5. The molecule has 1 saturated heterocycles. The second-order valence-electron chi connectivity index (χ2n) is 3.92. The van der Waals surface area contributed by atoms with E-state index in [1.165, 1.54) is 6.92 Å². The van der Waals surface area contributed by atoms with Gasteiger partial charge in [-0.3, -0.25) is 4.79 Å². The summed E-state index contributed by atoms with van der Waals surface area (Å²) in [6.45, 7) is 0.793. The minimum Gasteiger partial charge on any atom is -0.453 e. The van der Waals surface area contributed by atoms with Gasteiger partial charge in [0.05, 0.1) is 6.61 Å². The molecule has 8 heteroatoms. The van der Waals surface area contributed by atoms with E-state index in [2.05, 4.69) is 0 Å². The SMILES string of the molecule is C[C@H](N)C(=O)O[C@@H]1[C@@H](O)[C@H](O)[C@@H](CO)O[C@H]1O. The number of ether oxygens (including phenoxy) is 2. The number of rotatable bonds is 3. The van der Waals surface area contributed by atoms with E-state index in [1.807, 2.05) is 0 Å². The van der Waals surface area contributed by atoms with E-state index in [-0.39, 0.29) is 0 Å². The average Bonchev–Trinajstić information content (AvgIpc) is 2.28. The lowest BCUT2D eigenvalue weighted by Crippen LogP contribution is -2.60. The van der Waals surface area contributed by atoms with Crippen molar-refractivity contribution in [2.24, 2.45) is 5.73 Å². The Bertz CT molecular complexity index is 272. The van der Waals surface area contributed by atoms with Crippen LogP contribution >= 0.6 is 0 Å². The first-order chi connectivity index (χ1) is 7.88. The number of carbonyl (C=O) groups is 1. The molecular formula is C9H17NO7. The third-order valence-electron chi connectivity index (χ3n) is 2.47. The molecule has 6 N–H and O–H groups in total. The minimum atomic E-state index is -1.63. The van der Waals surface area contributed by atoms with Crippen molar-refractivity contribution in [3.8, 4) is 0 Å². The zero-order valence-electron chi connectivity index (χ0n) is 9.26. The molecule has 0 aliphatic carbocycles. The number of carbonyl (C=O) groups excluding carboxylic acids is 1. The number of hydrogen-bond acceptors (Lipinski definition) is 8. The summed E-state index contributed by atoms with van der Waals surface area (Å²) in [5, 5.41) is 37.4. The van der Waals surface area contributed by atoms with Crippen LogP contribution in [-0.2, 0) is 14.3 Å². The lowest BCUT2D eigenvalue weighted by atomic mass is 9.99. The van der Waals surface area contributed by atoms with Crippen molar-refractivity contribution in [3.05, 3.63) is 0 Å². The quantitative estimate of drug-likeness (QED) is 0.328. The molecule has 0 aromatic heterocycles. The van der Waals surface area contributed by atoms with Crippen LogP contribution in [-0.4, -0.2) is 69.8 Å². The lowest BCUT2D eigenvalue weighted by Gasteiger charge is -2.39. The molecule has 0 aromatic rings. The Hall–Kier alpha value is -0.770. The normalized spacial score (nSPS) is 39.8. The van der Waals surface area contributed by atoms with E-state index >= 15 is 0 Å². The number of aliphatic hydroxyl groups is 4. The topological polar surface area (TPSA) is 142 Å². The Morgan fingerprint density at radius 1 is 1.41 bits per heavy atom. The molecule has 1 aliphatic rings. The van der Waals surface area contributed by atoms with Gasteiger partial charge in [-0.25, -0.2) is 0 Å². The van der Waals surface area contributed by atoms with Crippen LogP contribution in [0.25, 0.3) is 0 Å². The molecule has 1 rings (SSSR count). The van der Waals surface area contributed by atoms with Gasteiger partial charge in [-0.05, 0) is 6.92 Å². The predicted molar refractivity (Wildman–Crippen MR) is 53.5 cm³/mol. The number of aliphatic hydroxyl groups excluding tert-OH is 4. The Balaban J connectivity index is 2.69. The molecule has 0 aromatic carbocycles. The Morgan fingerprint density at radius 3 is 2.47 bits per heavy atom. The first-order valence-electron chi connectivity index (χ1n) is 5.15. The van der Waals surface area contributed by atoms with Crippen molar-refractivity contribution in [1.29, 1.82) is 0 Å². The molecule has 1 fully saturated rings. The monoisotopic (exact) mass is 251 g/mol. The summed E-state index contributed by atoms with van der Waals surface area (Å²) in [6.07, 6.45) is -7.22. The van der Waals surface area contributed by atoms with Gasteiger partial charge in [0.2, 0.25) is 0 Å². The van der Waals surface area contributed by atoms with Crippen molar-refractivity contribution in [2.45, 2.75) is 43.7 Å². The van der Waals surface area contributed by atoms with Gasteiger partial charge < -0.3 is 35.6 Å². The van der Waals surface area contributed by atoms with Crippen molar-refractivity contribution >= 4 is 5.97 Å². The molecule has 1 heterocycles. The summed E-state index contributed by atoms with van der Waals surface area (Å²) in [7, 11) is 0. The molecule has 0 amide bonds. The first-order valence-corrected chi connectivity index (χ1v) is 5.15. The van der Waals surface area contributed by atoms with Crippen LogP contribution in [0.15, 0.2) is 0 Å². The van der Waals surface area contributed by atoms with E-state index in [0.29, 0.717) is 0 Å². The minimum absolute atomic E-state index is 0.580. The van der Waals surface area contributed by atoms with Crippen LogP contribution in [0.5, 0.6) is 0 Å². The molecule has 17 heavy (non-hydrogen) atoms. The first kappa shape index (κ1) is 14.3. The smallest absolute Gasteiger partial charge is 0.323 e. The molecule has 0 bridgehead atoms. The van der Waals surface area contributed by atoms with E-state index in [9.17, 15) is 20.1 Å². The van der Waals surface area contributed by atoms with Gasteiger partial charge in [0.15, 0.2) is 12.4 Å². The highest BCUT2D eigenvalue weighted by Gasteiger charge is 2.46. The van der Waals surface area contributed by atoms with Crippen LogP contribution < -0.4 is 5.73 Å². The fourth-order valence-electron chi connectivity index (χ4n) is 1.44. The maximum atomic E-state index is 11.2. The van der Waals surface area contributed by atoms with E-state index in [4.69, 9.17) is 20.3 Å². The zero-order valence-corrected chi connectivity index (χ0v) is 9.26. The van der Waals surface area contributed by atoms with Crippen molar-refractivity contribution in [2.75, 3.05) is 6.61 Å². The average molecular weight is 251 g/mol. The molecule has 100 valence electrons. The maximum absolute atomic E-state index is 11.2. The van der Waals surface area contributed by atoms with Crippen molar-refractivity contribution < 1.29 is 34.7 Å². The Morgan fingerprint density at radius 2 is 2.00 bits per heavy atom. The number of nitrogens with two attached hydrogens (primary N) is 1. The standard InChI is InChI=1S/C9H17NO7/c1-3(10)8(14)17-7-6(13)5(12)4(2-11)16-9(7)15/h3-7,9,11-13,15H,2,10H2,1H3/t3-,4+,5+,6-,7+,9+/m0/s1. The van der Waals surface area contributed by atoms with Gasteiger partial charge in [-0.2, -0.15) is 0 Å². The largest absolute Gasteiger partial charge is 0.453 e. The van der Waals surface area contributed by atoms with Crippen LogP contribution in [0, 0.1) is 0 Å². The highest BCUT2D eigenvalue weighted by molar-refractivity contribution is 5.75. The third kappa shape index (κ3) is 3.12. The summed E-state index contributed by atoms with van der Waals surface area (Å²) < 4.78 is 9.50. The second-order valence-corrected chi connectivity index (χ2v) is 3.92. The molecular weight excluding hydrogens is 234 g/mol. The van der Waals surface area contributed by atoms with Crippen LogP contribution in [0.3, 0.4) is 0 Å². The zero-order chi connectivity index (χ0) is 13.2. The fourth-order valence-corrected chi connectivity index (χ4v) is 1.44. The van der Waals surface area contributed by atoms with Gasteiger partial charge >= 0.3 is 5.97 Å². The predicted octanol–water partition coefficient (Wildman–Crippen LogP) is -3.32. The van der Waals surface area contributed by atoms with Crippen molar-refractivity contribution in [3.63, 3.8) is 0 Å². The van der Waals surface area contributed by atoms with Crippen LogP contribution in [0.1, 0.15) is 6.92 Å². The molecule has 0 radical (unpaired) electrons. The number of esters is 1. The second kappa shape index (κ2) is 5.71. The van der Waals surface area contributed by atoms with Crippen LogP contribution in [0.2, 0.25) is 0 Å². The Kier molecular flexibility index (Phi) is 4.80. The summed E-state index contributed by atoms with van der Waals surface area (Å²) in [5.74, 6) is -0.841. The Labute approximate surface area is 97.6 Å². The molecule has 1 aliphatic heterocycles. The van der Waals surface area contributed by atoms with Gasteiger partial charge in [0.25, 0.3) is 0 Å². The third-order valence-corrected chi connectivity index (χ3v) is 2.47. The van der Waals surface area contributed by atoms with Gasteiger partial charge in [-0.1, -0.05) is 0 Å². The van der Waals surface area contributed by atoms with Crippen LogP contribution in [0.4, 0.5) is 0 Å². The molecule has 0 spiro atoms. The van der Waals surface area contributed by atoms with Gasteiger partial charge in [0, 0.05) is 0 Å². The maximum Gasteiger partial charge on any atom is 0.323 e. The highest BCUT2D eigenvalue weighted by Crippen LogP contribution is 2.22. The molecule has 6 atom stereocenters. The lowest BCUT2D eigenvalue weighted by molar-refractivity contribution is -0.291. The van der Waals surface area contributed by atoms with E-state index in [0.717, 1.165) is 0 Å². The molecule has 0 saturated carbocycles. The fraction of sp³-hybridized carbons (Fsp3) is 0.889. The van der Waals surface area contributed by atoms with Crippen molar-refractivity contribution in [1.82, 2.24) is 0 Å². The van der Waals surface area contributed by atoms with E-state index in [1.54, 1.807) is 0 Å². The molecule has 0 unspecified atom stereocenters. The van der Waals surface area contributed by atoms with E-state index < -0.39 is 49.3 Å².